The van der Waals surface area contributed by atoms with Gasteiger partial charge in [-0.1, -0.05) is 0 Å². The maximum absolute atomic E-state index is 12.1. The molecule has 0 aromatic carbocycles. The number of alkyl halides is 1. The lowest BCUT2D eigenvalue weighted by atomic mass is 10.4. The quantitative estimate of drug-likeness (QED) is 0.581. The SMILES string of the molecule is CCOCC(F)CN. The highest BCUT2D eigenvalue weighted by atomic mass is 19.1. The molecule has 0 aromatic rings. The van der Waals surface area contributed by atoms with E-state index in [9.17, 15) is 4.39 Å². The van der Waals surface area contributed by atoms with Gasteiger partial charge in [0.05, 0.1) is 6.61 Å². The number of rotatable bonds is 4. The zero-order valence-corrected chi connectivity index (χ0v) is 5.06. The summed E-state index contributed by atoms with van der Waals surface area (Å²) in [4.78, 5) is 0. The van der Waals surface area contributed by atoms with E-state index in [1.54, 1.807) is 0 Å². The molecule has 0 amide bonds. The van der Waals surface area contributed by atoms with Crippen LogP contribution in [0.2, 0.25) is 0 Å². The van der Waals surface area contributed by atoms with Crippen molar-refractivity contribution in [1.29, 1.82) is 0 Å². The fourth-order valence-electron chi connectivity index (χ4n) is 0.314. The molecule has 0 aliphatic heterocycles. The molecular weight excluding hydrogens is 109 g/mol. The van der Waals surface area contributed by atoms with Crippen molar-refractivity contribution >= 4 is 0 Å². The van der Waals surface area contributed by atoms with Gasteiger partial charge in [-0.3, -0.25) is 0 Å². The monoisotopic (exact) mass is 121 g/mol. The molecule has 0 aromatic heterocycles. The summed E-state index contributed by atoms with van der Waals surface area (Å²) < 4.78 is 16.8. The van der Waals surface area contributed by atoms with Gasteiger partial charge in [0.2, 0.25) is 0 Å². The number of halogens is 1. The molecule has 0 saturated heterocycles. The molecule has 2 nitrogen and oxygen atoms in total. The van der Waals surface area contributed by atoms with E-state index in [1.165, 1.54) is 0 Å². The Balaban J connectivity index is 2.86. The topological polar surface area (TPSA) is 35.2 Å². The molecule has 8 heavy (non-hydrogen) atoms. The highest BCUT2D eigenvalue weighted by molar-refractivity contribution is 4.51. The highest BCUT2D eigenvalue weighted by Crippen LogP contribution is 1.86. The minimum atomic E-state index is -0.991. The summed E-state index contributed by atoms with van der Waals surface area (Å²) in [7, 11) is 0. The predicted octanol–water partition coefficient (Wildman–Crippen LogP) is 0.320. The van der Waals surface area contributed by atoms with Gasteiger partial charge in [-0.15, -0.1) is 0 Å². The summed E-state index contributed by atoms with van der Waals surface area (Å²) in [5.41, 5.74) is 4.96. The number of hydrogen-bond donors (Lipinski definition) is 1. The van der Waals surface area contributed by atoms with E-state index in [-0.39, 0.29) is 13.2 Å². The minimum Gasteiger partial charge on any atom is -0.379 e. The Morgan fingerprint density at radius 2 is 2.38 bits per heavy atom. The van der Waals surface area contributed by atoms with Gasteiger partial charge in [-0.2, -0.15) is 0 Å². The summed E-state index contributed by atoms with van der Waals surface area (Å²) in [6.45, 7) is 2.57. The lowest BCUT2D eigenvalue weighted by Crippen LogP contribution is -2.20. The summed E-state index contributed by atoms with van der Waals surface area (Å²) in [5.74, 6) is 0. The van der Waals surface area contributed by atoms with Gasteiger partial charge in [0, 0.05) is 13.2 Å². The summed E-state index contributed by atoms with van der Waals surface area (Å²) >= 11 is 0. The van der Waals surface area contributed by atoms with Crippen molar-refractivity contribution in [1.82, 2.24) is 0 Å². The minimum absolute atomic E-state index is 0.0556. The number of hydrogen-bond acceptors (Lipinski definition) is 2. The van der Waals surface area contributed by atoms with Gasteiger partial charge in [0.1, 0.15) is 6.17 Å². The molecule has 0 radical (unpaired) electrons. The Morgan fingerprint density at radius 3 is 2.75 bits per heavy atom. The van der Waals surface area contributed by atoms with Gasteiger partial charge in [-0.25, -0.2) is 4.39 Å². The van der Waals surface area contributed by atoms with Crippen molar-refractivity contribution in [3.63, 3.8) is 0 Å². The van der Waals surface area contributed by atoms with Gasteiger partial charge >= 0.3 is 0 Å². The lowest BCUT2D eigenvalue weighted by Gasteiger charge is -2.02. The maximum atomic E-state index is 12.1. The van der Waals surface area contributed by atoms with E-state index in [1.807, 2.05) is 6.92 Å². The molecule has 0 spiro atoms. The van der Waals surface area contributed by atoms with E-state index in [2.05, 4.69) is 0 Å². The second kappa shape index (κ2) is 5.00. The smallest absolute Gasteiger partial charge is 0.135 e. The van der Waals surface area contributed by atoms with Crippen molar-refractivity contribution in [2.24, 2.45) is 5.73 Å². The number of ether oxygens (including phenoxy) is 1. The first kappa shape index (κ1) is 7.85. The molecular formula is C5H12FNO. The fourth-order valence-corrected chi connectivity index (χ4v) is 0.314. The van der Waals surface area contributed by atoms with Crippen LogP contribution in [0.5, 0.6) is 0 Å². The van der Waals surface area contributed by atoms with Crippen LogP contribution in [0.4, 0.5) is 4.39 Å². The Morgan fingerprint density at radius 1 is 1.75 bits per heavy atom. The zero-order valence-electron chi connectivity index (χ0n) is 5.06. The Kier molecular flexibility index (Phi) is 4.90. The largest absolute Gasteiger partial charge is 0.379 e. The lowest BCUT2D eigenvalue weighted by molar-refractivity contribution is 0.0930. The maximum Gasteiger partial charge on any atom is 0.135 e. The predicted molar refractivity (Wildman–Crippen MR) is 30.4 cm³/mol. The van der Waals surface area contributed by atoms with Gasteiger partial charge < -0.3 is 10.5 Å². The molecule has 0 aliphatic carbocycles. The van der Waals surface area contributed by atoms with Crippen LogP contribution in [0.1, 0.15) is 6.92 Å². The van der Waals surface area contributed by atoms with Crippen LogP contribution in [0.3, 0.4) is 0 Å². The van der Waals surface area contributed by atoms with Crippen molar-refractivity contribution < 1.29 is 9.13 Å². The van der Waals surface area contributed by atoms with Crippen molar-refractivity contribution in [2.45, 2.75) is 13.1 Å². The highest BCUT2D eigenvalue weighted by Gasteiger charge is 2.00. The number of nitrogens with two attached hydrogens (primary N) is 1. The second-order valence-corrected chi connectivity index (χ2v) is 1.49. The molecule has 1 atom stereocenters. The Labute approximate surface area is 48.8 Å². The first-order valence-corrected chi connectivity index (χ1v) is 2.73. The third kappa shape index (κ3) is 4.02. The summed E-state index contributed by atoms with van der Waals surface area (Å²) in [6.07, 6.45) is -0.991. The Hall–Kier alpha value is -0.150. The molecule has 50 valence electrons. The van der Waals surface area contributed by atoms with E-state index in [0.29, 0.717) is 6.61 Å². The van der Waals surface area contributed by atoms with Gasteiger partial charge in [0.25, 0.3) is 0 Å². The molecule has 0 aliphatic rings. The van der Waals surface area contributed by atoms with E-state index >= 15 is 0 Å². The summed E-state index contributed by atoms with van der Waals surface area (Å²) in [5, 5.41) is 0. The van der Waals surface area contributed by atoms with Crippen LogP contribution < -0.4 is 5.73 Å². The average molecular weight is 121 g/mol. The first-order chi connectivity index (χ1) is 3.81. The molecule has 0 fully saturated rings. The molecule has 1 unspecified atom stereocenters. The van der Waals surface area contributed by atoms with Crippen LogP contribution in [-0.4, -0.2) is 25.9 Å². The van der Waals surface area contributed by atoms with E-state index < -0.39 is 6.17 Å². The molecule has 0 saturated carbocycles. The van der Waals surface area contributed by atoms with Crippen LogP contribution in [-0.2, 0) is 4.74 Å². The molecule has 2 N–H and O–H groups in total. The normalized spacial score (nSPS) is 13.9. The third-order valence-electron chi connectivity index (χ3n) is 0.759. The fraction of sp³-hybridized carbons (Fsp3) is 1.00. The molecule has 0 bridgehead atoms. The summed E-state index contributed by atoms with van der Waals surface area (Å²) in [6, 6.07) is 0. The van der Waals surface area contributed by atoms with Crippen LogP contribution in [0, 0.1) is 0 Å². The molecule has 3 heteroatoms. The van der Waals surface area contributed by atoms with Crippen molar-refractivity contribution in [2.75, 3.05) is 19.8 Å². The molecule has 0 rings (SSSR count). The van der Waals surface area contributed by atoms with Crippen LogP contribution >= 0.6 is 0 Å². The van der Waals surface area contributed by atoms with Crippen LogP contribution in [0.25, 0.3) is 0 Å². The van der Waals surface area contributed by atoms with Crippen molar-refractivity contribution in [3.05, 3.63) is 0 Å². The van der Waals surface area contributed by atoms with Crippen molar-refractivity contribution in [3.8, 4) is 0 Å². The Bertz CT molecular complexity index is 51.7. The van der Waals surface area contributed by atoms with E-state index in [4.69, 9.17) is 10.5 Å². The molecule has 0 heterocycles. The first-order valence-electron chi connectivity index (χ1n) is 2.73. The average Bonchev–Trinajstić information content (AvgIpc) is 1.83. The van der Waals surface area contributed by atoms with Gasteiger partial charge in [-0.05, 0) is 6.92 Å². The standard InChI is InChI=1S/C5H12FNO/c1-2-8-4-5(6)3-7/h5H,2-4,7H2,1H3. The third-order valence-corrected chi connectivity index (χ3v) is 0.759. The van der Waals surface area contributed by atoms with E-state index in [0.717, 1.165) is 0 Å². The van der Waals surface area contributed by atoms with Gasteiger partial charge in [0.15, 0.2) is 0 Å². The zero-order chi connectivity index (χ0) is 6.41. The second-order valence-electron chi connectivity index (χ2n) is 1.49. The van der Waals surface area contributed by atoms with Crippen LogP contribution in [0.15, 0.2) is 0 Å².